The Kier molecular flexibility index (Phi) is 6.03. The number of amides is 4. The van der Waals surface area contributed by atoms with Crippen LogP contribution in [0.25, 0.3) is 0 Å². The number of hydrogen-bond acceptors (Lipinski definition) is 6. The summed E-state index contributed by atoms with van der Waals surface area (Å²) in [7, 11) is 0. The molecule has 0 bridgehead atoms. The summed E-state index contributed by atoms with van der Waals surface area (Å²) in [4.78, 5) is 38.0. The molecule has 1 aromatic carbocycles. The van der Waals surface area contributed by atoms with Crippen LogP contribution in [0.4, 0.5) is 10.5 Å². The van der Waals surface area contributed by atoms with Crippen molar-refractivity contribution in [2.75, 3.05) is 57.9 Å². The quantitative estimate of drug-likeness (QED) is 0.657. The van der Waals surface area contributed by atoms with Crippen LogP contribution >= 0.6 is 0 Å². The predicted molar refractivity (Wildman–Crippen MR) is 92.9 cm³/mol. The van der Waals surface area contributed by atoms with Crippen molar-refractivity contribution < 1.29 is 23.9 Å². The van der Waals surface area contributed by atoms with E-state index in [0.29, 0.717) is 18.0 Å². The smallest absolute Gasteiger partial charge is 0.325 e. The van der Waals surface area contributed by atoms with Crippen LogP contribution in [0, 0.1) is 0 Å². The Morgan fingerprint density at radius 3 is 2.58 bits per heavy atom. The summed E-state index contributed by atoms with van der Waals surface area (Å²) in [5.41, 5.74) is 0.572. The molecule has 2 saturated heterocycles. The van der Waals surface area contributed by atoms with E-state index in [1.807, 2.05) is 0 Å². The number of nitrogens with one attached hydrogen (secondary N) is 2. The van der Waals surface area contributed by atoms with E-state index in [9.17, 15) is 14.4 Å². The third-order valence-electron chi connectivity index (χ3n) is 4.16. The van der Waals surface area contributed by atoms with Crippen LogP contribution in [0.5, 0.6) is 5.75 Å². The van der Waals surface area contributed by atoms with Crippen molar-refractivity contribution in [2.24, 2.45) is 0 Å². The third kappa shape index (κ3) is 4.93. The molecule has 0 aliphatic carbocycles. The van der Waals surface area contributed by atoms with Gasteiger partial charge in [-0.3, -0.25) is 19.4 Å². The lowest BCUT2D eigenvalue weighted by atomic mass is 10.3. The van der Waals surface area contributed by atoms with Crippen LogP contribution in [0.2, 0.25) is 0 Å². The number of hydrogen-bond donors (Lipinski definition) is 2. The molecule has 2 heterocycles. The highest BCUT2D eigenvalue weighted by molar-refractivity contribution is 6.06. The number of carbonyl (C=O) groups excluding carboxylic acids is 3. The Labute approximate surface area is 151 Å². The molecule has 0 radical (unpaired) electrons. The van der Waals surface area contributed by atoms with Gasteiger partial charge in [0.15, 0.2) is 0 Å². The molecule has 0 aromatic heterocycles. The van der Waals surface area contributed by atoms with Gasteiger partial charge in [0.25, 0.3) is 5.91 Å². The largest absolute Gasteiger partial charge is 0.492 e. The minimum Gasteiger partial charge on any atom is -0.492 e. The zero-order valence-electron chi connectivity index (χ0n) is 14.4. The second-order valence-electron chi connectivity index (χ2n) is 6.01. The summed E-state index contributed by atoms with van der Waals surface area (Å²) >= 11 is 0. The summed E-state index contributed by atoms with van der Waals surface area (Å²) < 4.78 is 11.0. The fourth-order valence-electron chi connectivity index (χ4n) is 2.71. The molecule has 0 atom stereocenters. The molecule has 3 rings (SSSR count). The van der Waals surface area contributed by atoms with E-state index in [1.54, 1.807) is 24.3 Å². The van der Waals surface area contributed by atoms with E-state index in [2.05, 4.69) is 15.5 Å². The number of ether oxygens (including phenoxy) is 2. The number of morpholine rings is 1. The average Bonchev–Trinajstić information content (AvgIpc) is 2.96. The summed E-state index contributed by atoms with van der Waals surface area (Å²) in [5.74, 6) is -0.129. The molecule has 0 saturated carbocycles. The van der Waals surface area contributed by atoms with Gasteiger partial charge in [-0.25, -0.2) is 4.79 Å². The number of urea groups is 1. The lowest BCUT2D eigenvalue weighted by molar-refractivity contribution is -0.128. The molecular weight excluding hydrogens is 340 g/mol. The SMILES string of the molecule is O=C(CN1C(=O)CNC1=O)Nc1ccc(OCCN2CCOCC2)cc1. The minimum absolute atomic E-state index is 0.0669. The molecule has 26 heavy (non-hydrogen) atoms. The predicted octanol–water partition coefficient (Wildman–Crippen LogP) is -0.112. The van der Waals surface area contributed by atoms with Crippen molar-refractivity contribution in [1.82, 2.24) is 15.1 Å². The Morgan fingerprint density at radius 1 is 1.19 bits per heavy atom. The molecule has 1 aromatic rings. The number of nitrogens with zero attached hydrogens (tertiary/aromatic N) is 2. The van der Waals surface area contributed by atoms with Gasteiger partial charge in [-0.05, 0) is 24.3 Å². The standard InChI is InChI=1S/C17H22N4O5/c22-15(12-21-16(23)11-18-17(21)24)19-13-1-3-14(4-2-13)26-10-7-20-5-8-25-9-6-20/h1-4H,5-12H2,(H,18,24)(H,19,22). The van der Waals surface area contributed by atoms with Crippen LogP contribution < -0.4 is 15.4 Å². The highest BCUT2D eigenvalue weighted by atomic mass is 16.5. The fraction of sp³-hybridized carbons (Fsp3) is 0.471. The molecule has 2 fully saturated rings. The first-order chi connectivity index (χ1) is 12.6. The van der Waals surface area contributed by atoms with Crippen molar-refractivity contribution >= 4 is 23.5 Å². The Morgan fingerprint density at radius 2 is 1.92 bits per heavy atom. The maximum absolute atomic E-state index is 12.0. The highest BCUT2D eigenvalue weighted by Gasteiger charge is 2.30. The van der Waals surface area contributed by atoms with E-state index in [-0.39, 0.29) is 13.1 Å². The van der Waals surface area contributed by atoms with Gasteiger partial charge >= 0.3 is 6.03 Å². The highest BCUT2D eigenvalue weighted by Crippen LogP contribution is 2.16. The Bertz CT molecular complexity index is 642. The molecule has 9 heteroatoms. The van der Waals surface area contributed by atoms with Crippen molar-refractivity contribution in [1.29, 1.82) is 0 Å². The Hall–Kier alpha value is -2.65. The first kappa shape index (κ1) is 18.2. The monoisotopic (exact) mass is 362 g/mol. The number of rotatable bonds is 7. The van der Waals surface area contributed by atoms with E-state index in [1.165, 1.54) is 0 Å². The van der Waals surface area contributed by atoms with Gasteiger partial charge in [0.2, 0.25) is 5.91 Å². The number of benzene rings is 1. The fourth-order valence-corrected chi connectivity index (χ4v) is 2.71. The van der Waals surface area contributed by atoms with Crippen molar-refractivity contribution in [3.8, 4) is 5.75 Å². The molecule has 4 amide bonds. The maximum Gasteiger partial charge on any atom is 0.325 e. The van der Waals surface area contributed by atoms with Gasteiger partial charge < -0.3 is 20.1 Å². The molecule has 0 spiro atoms. The van der Waals surface area contributed by atoms with Crippen LogP contribution in [0.15, 0.2) is 24.3 Å². The first-order valence-corrected chi connectivity index (χ1v) is 8.53. The minimum atomic E-state index is -0.547. The van der Waals surface area contributed by atoms with E-state index < -0.39 is 17.8 Å². The molecule has 0 unspecified atom stereocenters. The van der Waals surface area contributed by atoms with Crippen molar-refractivity contribution in [3.05, 3.63) is 24.3 Å². The zero-order valence-corrected chi connectivity index (χ0v) is 14.4. The Balaban J connectivity index is 1.41. The summed E-state index contributed by atoms with van der Waals surface area (Å²) in [6.45, 7) is 4.42. The van der Waals surface area contributed by atoms with Crippen LogP contribution in [-0.2, 0) is 14.3 Å². The lowest BCUT2D eigenvalue weighted by Gasteiger charge is -2.26. The van der Waals surface area contributed by atoms with Crippen molar-refractivity contribution in [2.45, 2.75) is 0 Å². The molecular formula is C17H22N4O5. The summed E-state index contributed by atoms with van der Waals surface area (Å²) in [6.07, 6.45) is 0. The van der Waals surface area contributed by atoms with Crippen LogP contribution in [0.1, 0.15) is 0 Å². The average molecular weight is 362 g/mol. The lowest BCUT2D eigenvalue weighted by Crippen LogP contribution is -2.38. The topological polar surface area (TPSA) is 100 Å². The molecule has 2 aliphatic heterocycles. The van der Waals surface area contributed by atoms with Gasteiger partial charge in [0.1, 0.15) is 18.9 Å². The molecule has 140 valence electrons. The van der Waals surface area contributed by atoms with Gasteiger partial charge in [-0.2, -0.15) is 0 Å². The normalized spacial score (nSPS) is 17.9. The van der Waals surface area contributed by atoms with Crippen LogP contribution in [0.3, 0.4) is 0 Å². The van der Waals surface area contributed by atoms with E-state index in [0.717, 1.165) is 37.7 Å². The van der Waals surface area contributed by atoms with E-state index >= 15 is 0 Å². The van der Waals surface area contributed by atoms with Gasteiger partial charge in [0.05, 0.1) is 19.8 Å². The second kappa shape index (κ2) is 8.63. The number of carbonyl (C=O) groups is 3. The second-order valence-corrected chi connectivity index (χ2v) is 6.01. The maximum atomic E-state index is 12.0. The first-order valence-electron chi connectivity index (χ1n) is 8.53. The van der Waals surface area contributed by atoms with E-state index in [4.69, 9.17) is 9.47 Å². The summed E-state index contributed by atoms with van der Waals surface area (Å²) in [5, 5.41) is 5.02. The molecule has 2 N–H and O–H groups in total. The van der Waals surface area contributed by atoms with Gasteiger partial charge in [0, 0.05) is 25.3 Å². The van der Waals surface area contributed by atoms with Crippen LogP contribution in [-0.4, -0.2) is 80.2 Å². The molecule has 2 aliphatic rings. The zero-order chi connectivity index (χ0) is 18.4. The summed E-state index contributed by atoms with van der Waals surface area (Å²) in [6, 6.07) is 6.42. The van der Waals surface area contributed by atoms with Gasteiger partial charge in [-0.15, -0.1) is 0 Å². The third-order valence-corrected chi connectivity index (χ3v) is 4.16. The number of imide groups is 1. The van der Waals surface area contributed by atoms with Gasteiger partial charge in [-0.1, -0.05) is 0 Å². The number of anilines is 1. The molecule has 9 nitrogen and oxygen atoms in total. The van der Waals surface area contributed by atoms with Crippen molar-refractivity contribution in [3.63, 3.8) is 0 Å².